The molecule has 192 valence electrons. The van der Waals surface area contributed by atoms with E-state index in [0.717, 1.165) is 5.56 Å². The molecule has 1 aliphatic heterocycles. The van der Waals surface area contributed by atoms with Crippen molar-refractivity contribution < 1.29 is 24.1 Å². The van der Waals surface area contributed by atoms with Crippen molar-refractivity contribution >= 4 is 46.0 Å². The first-order chi connectivity index (χ1) is 17.8. The number of allylic oxidation sites excluding steroid dienone is 1. The van der Waals surface area contributed by atoms with Gasteiger partial charge in [-0.3, -0.25) is 9.36 Å². The average molecular weight is 632 g/mol. The number of fused-ring (bicyclic) bond motifs is 1. The van der Waals surface area contributed by atoms with Crippen LogP contribution in [0.4, 0.5) is 0 Å². The van der Waals surface area contributed by atoms with E-state index in [2.05, 4.69) is 11.6 Å². The Kier molecular flexibility index (Phi) is 8.18. The van der Waals surface area contributed by atoms with Crippen LogP contribution in [0.1, 0.15) is 31.0 Å². The highest BCUT2D eigenvalue weighted by Gasteiger charge is 2.33. The third kappa shape index (κ3) is 5.35. The molecule has 37 heavy (non-hydrogen) atoms. The second-order valence-corrected chi connectivity index (χ2v) is 10.2. The first-order valence-corrected chi connectivity index (χ1v) is 13.3. The minimum atomic E-state index is -0.722. The van der Waals surface area contributed by atoms with Crippen molar-refractivity contribution in [3.63, 3.8) is 0 Å². The van der Waals surface area contributed by atoms with Crippen molar-refractivity contribution in [2.45, 2.75) is 19.9 Å². The second-order valence-electron chi connectivity index (χ2n) is 8.02. The van der Waals surface area contributed by atoms with Crippen LogP contribution in [-0.2, 0) is 9.53 Å². The number of halogens is 1. The predicted octanol–water partition coefficient (Wildman–Crippen LogP) is 3.68. The highest BCUT2D eigenvalue weighted by molar-refractivity contribution is 14.1. The zero-order valence-electron chi connectivity index (χ0n) is 20.5. The monoisotopic (exact) mass is 632 g/mol. The summed E-state index contributed by atoms with van der Waals surface area (Å²) in [6, 6.07) is 9.92. The smallest absolute Gasteiger partial charge is 0.338 e. The first-order valence-electron chi connectivity index (χ1n) is 11.4. The molecule has 3 aromatic rings. The van der Waals surface area contributed by atoms with E-state index in [1.807, 2.05) is 34.7 Å². The molecule has 1 unspecified atom stereocenters. The zero-order chi connectivity index (χ0) is 26.7. The van der Waals surface area contributed by atoms with Gasteiger partial charge in [-0.1, -0.05) is 36.1 Å². The molecule has 0 radical (unpaired) electrons. The van der Waals surface area contributed by atoms with E-state index >= 15 is 0 Å². The fourth-order valence-corrected chi connectivity index (χ4v) is 5.66. The zero-order valence-corrected chi connectivity index (χ0v) is 23.5. The van der Waals surface area contributed by atoms with Gasteiger partial charge in [-0.2, -0.15) is 0 Å². The summed E-state index contributed by atoms with van der Waals surface area (Å²) in [5.41, 5.74) is 1.91. The summed E-state index contributed by atoms with van der Waals surface area (Å²) in [4.78, 5) is 31.8. The topological polar surface area (TPSA) is 99.4 Å². The largest absolute Gasteiger partial charge is 0.504 e. The number of esters is 1. The number of rotatable bonds is 8. The summed E-state index contributed by atoms with van der Waals surface area (Å²) in [6.45, 7) is 7.69. The van der Waals surface area contributed by atoms with Crippen LogP contribution in [0, 0.1) is 3.57 Å². The molecule has 0 aliphatic carbocycles. The molecule has 0 bridgehead atoms. The van der Waals surface area contributed by atoms with Gasteiger partial charge in [0, 0.05) is 0 Å². The summed E-state index contributed by atoms with van der Waals surface area (Å²) in [6.07, 6.45) is 3.38. The third-order valence-corrected chi connectivity index (χ3v) is 7.45. The lowest BCUT2D eigenvalue weighted by Crippen LogP contribution is -2.39. The molecule has 8 nitrogen and oxygen atoms in total. The number of aromatic hydroxyl groups is 1. The second kappa shape index (κ2) is 11.3. The molecule has 1 aliphatic rings. The summed E-state index contributed by atoms with van der Waals surface area (Å²) in [7, 11) is 1.47. The van der Waals surface area contributed by atoms with Crippen LogP contribution in [0.2, 0.25) is 0 Å². The highest BCUT2D eigenvalue weighted by atomic mass is 127. The van der Waals surface area contributed by atoms with Gasteiger partial charge in [0.05, 0.1) is 39.1 Å². The van der Waals surface area contributed by atoms with E-state index in [-0.39, 0.29) is 17.9 Å². The number of benzene rings is 2. The van der Waals surface area contributed by atoms with Gasteiger partial charge in [-0.15, -0.1) is 0 Å². The number of nitrogens with zero attached hydrogens (tertiary/aromatic N) is 2. The van der Waals surface area contributed by atoms with Gasteiger partial charge >= 0.3 is 5.97 Å². The van der Waals surface area contributed by atoms with E-state index < -0.39 is 12.0 Å². The van der Waals surface area contributed by atoms with Crippen molar-refractivity contribution in [2.75, 3.05) is 20.3 Å². The fraction of sp³-hybridized carbons (Fsp3) is 0.222. The van der Waals surface area contributed by atoms with Gasteiger partial charge in [-0.25, -0.2) is 9.79 Å². The maximum atomic E-state index is 13.7. The summed E-state index contributed by atoms with van der Waals surface area (Å²) < 4.78 is 18.7. The number of hydrogen-bond donors (Lipinski definition) is 1. The molecule has 2 aromatic carbocycles. The summed E-state index contributed by atoms with van der Waals surface area (Å²) in [5.74, 6) is 0.470. The molecule has 0 fully saturated rings. The number of aromatic nitrogens is 1. The third-order valence-electron chi connectivity index (χ3n) is 5.65. The number of phenolic OH excluding ortho intramolecular Hbond substituents is 1. The number of methoxy groups -OCH3 is 1. The number of carbonyl (C=O) groups excluding carboxylic acids is 1. The van der Waals surface area contributed by atoms with Gasteiger partial charge in [0.1, 0.15) is 12.4 Å². The van der Waals surface area contributed by atoms with Crippen molar-refractivity contribution in [1.82, 2.24) is 4.57 Å². The number of hydrogen-bond acceptors (Lipinski definition) is 8. The molecule has 0 spiro atoms. The van der Waals surface area contributed by atoms with Crippen LogP contribution in [-0.4, -0.2) is 36.0 Å². The standard InChI is InChI=1S/C27H25IN2O6S/c1-5-11-36-18-9-7-17(8-10-18)23-22(26(33)35-6-2)15(3)29-27-30(23)25(32)21(37-27)14-16-12-19(28)24(31)20(13-16)34-4/h5,7-10,12-14,23,31H,1,6,11H2,2-4H3. The van der Waals surface area contributed by atoms with Gasteiger partial charge in [-0.05, 0) is 77.9 Å². The van der Waals surface area contributed by atoms with E-state index in [9.17, 15) is 14.7 Å². The lowest BCUT2D eigenvalue weighted by molar-refractivity contribution is -0.139. The molecule has 1 atom stereocenters. The Morgan fingerprint density at radius 3 is 2.68 bits per heavy atom. The summed E-state index contributed by atoms with van der Waals surface area (Å²) >= 11 is 3.23. The SMILES string of the molecule is C=CCOc1ccc(C2C(C(=O)OCC)=C(C)N=c3sc(=Cc4cc(I)c(O)c(OC)c4)c(=O)n32)cc1. The Morgan fingerprint density at radius 1 is 1.30 bits per heavy atom. The van der Waals surface area contributed by atoms with Crippen molar-refractivity contribution in [3.8, 4) is 17.2 Å². The van der Waals surface area contributed by atoms with Crippen molar-refractivity contribution in [2.24, 2.45) is 4.99 Å². The van der Waals surface area contributed by atoms with E-state index in [4.69, 9.17) is 14.2 Å². The molecule has 1 N–H and O–H groups in total. The maximum Gasteiger partial charge on any atom is 0.338 e. The first kappa shape index (κ1) is 26.7. The maximum absolute atomic E-state index is 13.7. The Labute approximate surface area is 231 Å². The fourth-order valence-electron chi connectivity index (χ4n) is 3.99. The Bertz CT molecular complexity index is 1570. The quantitative estimate of drug-likeness (QED) is 0.231. The molecule has 1 aromatic heterocycles. The summed E-state index contributed by atoms with van der Waals surface area (Å²) in [5, 5.41) is 10.2. The predicted molar refractivity (Wildman–Crippen MR) is 150 cm³/mol. The number of thiazole rings is 1. The molecular formula is C27H25IN2O6S. The number of phenols is 1. The van der Waals surface area contributed by atoms with Gasteiger partial charge in [0.15, 0.2) is 16.3 Å². The molecule has 4 rings (SSSR count). The van der Waals surface area contributed by atoms with Gasteiger partial charge in [0.25, 0.3) is 5.56 Å². The average Bonchev–Trinajstić information content (AvgIpc) is 3.18. The minimum Gasteiger partial charge on any atom is -0.504 e. The number of ether oxygens (including phenoxy) is 3. The Hall–Kier alpha value is -3.38. The van der Waals surface area contributed by atoms with Gasteiger partial charge in [0.2, 0.25) is 0 Å². The van der Waals surface area contributed by atoms with Crippen LogP contribution in [0.3, 0.4) is 0 Å². The highest BCUT2D eigenvalue weighted by Crippen LogP contribution is 2.33. The molecule has 2 heterocycles. The molecule has 10 heteroatoms. The van der Waals surface area contributed by atoms with E-state index in [0.29, 0.717) is 47.8 Å². The molecule has 0 saturated heterocycles. The number of carbonyl (C=O) groups is 1. The molecular weight excluding hydrogens is 607 g/mol. The van der Waals surface area contributed by atoms with Gasteiger partial charge < -0.3 is 19.3 Å². The van der Waals surface area contributed by atoms with Crippen molar-refractivity contribution in [3.05, 3.63) is 94.7 Å². The van der Waals surface area contributed by atoms with Crippen LogP contribution in [0.15, 0.2) is 70.1 Å². The molecule has 0 amide bonds. The Balaban J connectivity index is 1.90. The normalized spacial score (nSPS) is 15.1. The van der Waals surface area contributed by atoms with Crippen LogP contribution in [0.25, 0.3) is 6.08 Å². The van der Waals surface area contributed by atoms with E-state index in [1.54, 1.807) is 50.3 Å². The lowest BCUT2D eigenvalue weighted by atomic mass is 9.96. The molecule has 0 saturated carbocycles. The van der Waals surface area contributed by atoms with Crippen molar-refractivity contribution in [1.29, 1.82) is 0 Å². The minimum absolute atomic E-state index is 0.0388. The van der Waals surface area contributed by atoms with E-state index in [1.165, 1.54) is 23.0 Å². The van der Waals surface area contributed by atoms with Crippen LogP contribution in [0.5, 0.6) is 17.2 Å². The van der Waals surface area contributed by atoms with Crippen LogP contribution >= 0.6 is 33.9 Å². The van der Waals surface area contributed by atoms with Crippen LogP contribution < -0.4 is 24.4 Å². The lowest BCUT2D eigenvalue weighted by Gasteiger charge is -2.24. The Morgan fingerprint density at radius 2 is 2.03 bits per heavy atom.